The van der Waals surface area contributed by atoms with E-state index in [1.807, 2.05) is 12.2 Å². The molecule has 10 heteroatoms. The van der Waals surface area contributed by atoms with Crippen LogP contribution in [0.3, 0.4) is 0 Å². The van der Waals surface area contributed by atoms with E-state index in [9.17, 15) is 19.0 Å². The number of phosphoric ester groups is 1. The van der Waals surface area contributed by atoms with Gasteiger partial charge in [-0.2, -0.15) is 0 Å². The fourth-order valence-electron chi connectivity index (χ4n) is 6.05. The van der Waals surface area contributed by atoms with Crippen molar-refractivity contribution in [2.45, 2.75) is 200 Å². The van der Waals surface area contributed by atoms with E-state index in [4.69, 9.17) is 24.3 Å². The van der Waals surface area contributed by atoms with E-state index in [0.717, 1.165) is 44.9 Å². The Morgan fingerprint density at radius 2 is 1.00 bits per heavy atom. The molecule has 0 bridgehead atoms. The van der Waals surface area contributed by atoms with E-state index in [1.165, 1.54) is 116 Å². The minimum absolute atomic E-state index is 0.0408. The van der Waals surface area contributed by atoms with E-state index >= 15 is 0 Å². The van der Waals surface area contributed by atoms with Gasteiger partial charge in [0.2, 0.25) is 0 Å². The van der Waals surface area contributed by atoms with E-state index < -0.39 is 32.5 Å². The van der Waals surface area contributed by atoms with Crippen LogP contribution in [0.1, 0.15) is 194 Å². The Kier molecular flexibility index (Phi) is 41.6. The Morgan fingerprint density at radius 3 is 1.51 bits per heavy atom. The molecule has 2 unspecified atom stereocenters. The van der Waals surface area contributed by atoms with Gasteiger partial charge in [0.25, 0.3) is 0 Å². The van der Waals surface area contributed by atoms with Gasteiger partial charge in [-0.1, -0.05) is 177 Å². The third-order valence-electron chi connectivity index (χ3n) is 9.40. The lowest BCUT2D eigenvalue weighted by Gasteiger charge is -2.19. The minimum Gasteiger partial charge on any atom is -0.462 e. The molecule has 0 amide bonds. The lowest BCUT2D eigenvalue weighted by atomic mass is 10.0. The zero-order valence-corrected chi connectivity index (χ0v) is 37.2. The third-order valence-corrected chi connectivity index (χ3v) is 10.4. The highest BCUT2D eigenvalue weighted by atomic mass is 31.2. The summed E-state index contributed by atoms with van der Waals surface area (Å²) in [5, 5.41) is 0. The van der Waals surface area contributed by atoms with E-state index in [-0.39, 0.29) is 32.6 Å². The molecule has 0 heterocycles. The quantitative estimate of drug-likeness (QED) is 0.0267. The van der Waals surface area contributed by atoms with Gasteiger partial charge in [0.05, 0.1) is 13.2 Å². The molecule has 0 fully saturated rings. The molecule has 9 nitrogen and oxygen atoms in total. The van der Waals surface area contributed by atoms with Gasteiger partial charge in [-0.25, -0.2) is 4.57 Å². The van der Waals surface area contributed by atoms with Crippen LogP contribution in [0.25, 0.3) is 0 Å². The lowest BCUT2D eigenvalue weighted by molar-refractivity contribution is -0.161. The standard InChI is InChI=1S/C47H84NO8P/c1-3-5-7-9-11-13-15-17-18-19-20-21-22-23-24-25-26-28-29-31-33-35-37-39-46(49)53-43-45(44-55-57(51,52)54-42-41-48)56-47(50)40-38-36-34-32-30-27-16-14-12-10-8-6-4-2/h6,8,12,14,19-20,27,30,34,36,45H,3-5,7,9-11,13,15-18,21-26,28-29,31-33,35,37-44,48H2,1-2H3,(H,51,52)/b8-6-,14-12-,20-19-,30-27-,36-34-. The van der Waals surface area contributed by atoms with Crippen molar-refractivity contribution < 1.29 is 37.6 Å². The summed E-state index contributed by atoms with van der Waals surface area (Å²) in [7, 11) is -4.40. The predicted molar refractivity (Wildman–Crippen MR) is 238 cm³/mol. The second kappa shape index (κ2) is 43.3. The van der Waals surface area contributed by atoms with Crippen LogP contribution < -0.4 is 5.73 Å². The number of hydrogen-bond acceptors (Lipinski definition) is 8. The number of esters is 2. The first-order valence-corrected chi connectivity index (χ1v) is 24.3. The van der Waals surface area contributed by atoms with Crippen LogP contribution in [0.15, 0.2) is 60.8 Å². The topological polar surface area (TPSA) is 134 Å². The van der Waals surface area contributed by atoms with Crippen LogP contribution in [0.5, 0.6) is 0 Å². The Hall–Kier alpha value is -2.29. The Balaban J connectivity index is 4.10. The Bertz CT molecular complexity index is 1120. The van der Waals surface area contributed by atoms with E-state index in [2.05, 4.69) is 62.5 Å². The van der Waals surface area contributed by atoms with Crippen LogP contribution >= 0.6 is 7.82 Å². The highest BCUT2D eigenvalue weighted by Gasteiger charge is 2.25. The van der Waals surface area contributed by atoms with Crippen LogP contribution in [0, 0.1) is 0 Å². The number of allylic oxidation sites excluding steroid dienone is 10. The molecule has 0 rings (SSSR count). The molecule has 0 radical (unpaired) electrons. The van der Waals surface area contributed by atoms with Crippen LogP contribution in [-0.2, 0) is 32.7 Å². The largest absolute Gasteiger partial charge is 0.472 e. The SMILES string of the molecule is CC/C=C\C/C=C\C/C=C\C/C=C\CCC(=O)OC(COC(=O)CCCCCCCCCCCCC/C=C\CCCCCCCCCC)COP(=O)(O)OCCN. The maximum atomic E-state index is 12.5. The normalized spacial score (nSPS) is 13.8. The Labute approximate surface area is 349 Å². The van der Waals surface area contributed by atoms with E-state index in [0.29, 0.717) is 6.42 Å². The number of ether oxygens (including phenoxy) is 2. The zero-order valence-electron chi connectivity index (χ0n) is 36.3. The first-order chi connectivity index (χ1) is 27.8. The van der Waals surface area contributed by atoms with Crippen LogP contribution in [0.2, 0.25) is 0 Å². The van der Waals surface area contributed by atoms with Gasteiger partial charge >= 0.3 is 19.8 Å². The summed E-state index contributed by atoms with van der Waals surface area (Å²) < 4.78 is 32.7. The molecule has 0 aromatic carbocycles. The monoisotopic (exact) mass is 822 g/mol. The summed E-state index contributed by atoms with van der Waals surface area (Å²) in [5.41, 5.74) is 5.34. The number of hydrogen-bond donors (Lipinski definition) is 2. The molecule has 2 atom stereocenters. The third kappa shape index (κ3) is 43.1. The van der Waals surface area contributed by atoms with Gasteiger partial charge < -0.3 is 20.1 Å². The molecule has 0 aliphatic carbocycles. The van der Waals surface area contributed by atoms with Gasteiger partial charge in [0.1, 0.15) is 6.61 Å². The molecule has 57 heavy (non-hydrogen) atoms. The minimum atomic E-state index is -4.40. The first kappa shape index (κ1) is 54.7. The van der Waals surface area contributed by atoms with Crippen molar-refractivity contribution in [2.24, 2.45) is 5.73 Å². The fourth-order valence-corrected chi connectivity index (χ4v) is 6.82. The van der Waals surface area contributed by atoms with E-state index in [1.54, 1.807) is 0 Å². The molecule has 0 spiro atoms. The average Bonchev–Trinajstić information content (AvgIpc) is 3.20. The number of rotatable bonds is 42. The molecular formula is C47H84NO8P. The van der Waals surface area contributed by atoms with Crippen molar-refractivity contribution >= 4 is 19.8 Å². The molecule has 3 N–H and O–H groups in total. The van der Waals surface area contributed by atoms with Gasteiger partial charge in [-0.15, -0.1) is 0 Å². The predicted octanol–water partition coefficient (Wildman–Crippen LogP) is 13.3. The molecule has 0 saturated heterocycles. The van der Waals surface area contributed by atoms with Gasteiger partial charge in [-0.05, 0) is 64.2 Å². The average molecular weight is 822 g/mol. The molecular weight excluding hydrogens is 737 g/mol. The number of unbranched alkanes of at least 4 members (excludes halogenated alkanes) is 19. The molecule has 0 aromatic rings. The van der Waals surface area contributed by atoms with Crippen molar-refractivity contribution in [3.05, 3.63) is 60.8 Å². The fraction of sp³-hybridized carbons (Fsp3) is 0.745. The summed E-state index contributed by atoms with van der Waals surface area (Å²) >= 11 is 0. The molecule has 330 valence electrons. The van der Waals surface area contributed by atoms with Gasteiger partial charge in [0, 0.05) is 19.4 Å². The summed E-state index contributed by atoms with van der Waals surface area (Å²) in [6.07, 6.45) is 51.4. The Morgan fingerprint density at radius 1 is 0.544 bits per heavy atom. The second-order valence-electron chi connectivity index (χ2n) is 14.9. The molecule has 0 aliphatic rings. The summed E-state index contributed by atoms with van der Waals surface area (Å²) in [6, 6.07) is 0. The van der Waals surface area contributed by atoms with Crippen LogP contribution in [-0.4, -0.2) is 49.3 Å². The molecule has 0 aliphatic heterocycles. The van der Waals surface area contributed by atoms with Crippen LogP contribution in [0.4, 0.5) is 0 Å². The number of carbonyl (C=O) groups excluding carboxylic acids is 2. The van der Waals surface area contributed by atoms with Crippen molar-refractivity contribution in [2.75, 3.05) is 26.4 Å². The maximum absolute atomic E-state index is 12.5. The van der Waals surface area contributed by atoms with Crippen molar-refractivity contribution in [1.82, 2.24) is 0 Å². The van der Waals surface area contributed by atoms with Crippen molar-refractivity contribution in [3.8, 4) is 0 Å². The first-order valence-electron chi connectivity index (χ1n) is 22.8. The van der Waals surface area contributed by atoms with Crippen molar-refractivity contribution in [1.29, 1.82) is 0 Å². The molecule has 0 aromatic heterocycles. The summed E-state index contributed by atoms with van der Waals surface area (Å²) in [5.74, 6) is -0.925. The highest BCUT2D eigenvalue weighted by molar-refractivity contribution is 7.47. The highest BCUT2D eigenvalue weighted by Crippen LogP contribution is 2.43. The summed E-state index contributed by atoms with van der Waals surface area (Å²) in [6.45, 7) is 3.53. The second-order valence-corrected chi connectivity index (χ2v) is 16.3. The molecule has 0 saturated carbocycles. The summed E-state index contributed by atoms with van der Waals surface area (Å²) in [4.78, 5) is 34.8. The maximum Gasteiger partial charge on any atom is 0.472 e. The smallest absolute Gasteiger partial charge is 0.462 e. The zero-order chi connectivity index (χ0) is 41.8. The lowest BCUT2D eigenvalue weighted by Crippen LogP contribution is -2.29. The van der Waals surface area contributed by atoms with Gasteiger partial charge in [0.15, 0.2) is 6.10 Å². The number of carbonyl (C=O) groups is 2. The van der Waals surface area contributed by atoms with Gasteiger partial charge in [-0.3, -0.25) is 18.6 Å². The number of nitrogens with two attached hydrogens (primary N) is 1. The number of phosphoric acid groups is 1. The van der Waals surface area contributed by atoms with Crippen molar-refractivity contribution in [3.63, 3.8) is 0 Å².